The number of ether oxygens (including phenoxy) is 1. The van der Waals surface area contributed by atoms with E-state index in [1.807, 2.05) is 12.1 Å². The zero-order chi connectivity index (χ0) is 20.5. The van der Waals surface area contributed by atoms with Gasteiger partial charge in [0.1, 0.15) is 16.1 Å². The fraction of sp³-hybridized carbons (Fsp3) is 0.278. The van der Waals surface area contributed by atoms with Crippen molar-refractivity contribution in [3.8, 4) is 5.75 Å². The van der Waals surface area contributed by atoms with Crippen LogP contribution in [-0.4, -0.2) is 54.4 Å². The van der Waals surface area contributed by atoms with Crippen LogP contribution in [0.1, 0.15) is 12.5 Å². The van der Waals surface area contributed by atoms with Crippen molar-refractivity contribution in [3.05, 3.63) is 46.2 Å². The average Bonchev–Trinajstić information content (AvgIpc) is 3.12. The first kappa shape index (κ1) is 20.6. The molecule has 2 aliphatic rings. The predicted octanol–water partition coefficient (Wildman–Crippen LogP) is 1.71. The van der Waals surface area contributed by atoms with Gasteiger partial charge in [0.2, 0.25) is 5.91 Å². The predicted molar refractivity (Wildman–Crippen MR) is 112 cm³/mol. The van der Waals surface area contributed by atoms with Gasteiger partial charge in [0, 0.05) is 5.41 Å². The normalized spacial score (nSPS) is 23.3. The highest BCUT2D eigenvalue weighted by molar-refractivity contribution is 8.26. The van der Waals surface area contributed by atoms with Crippen LogP contribution < -0.4 is 10.1 Å². The second-order valence-corrected chi connectivity index (χ2v) is 9.88. The molecule has 1 N–H and O–H groups in total. The van der Waals surface area contributed by atoms with E-state index < -0.39 is 27.8 Å². The van der Waals surface area contributed by atoms with Crippen molar-refractivity contribution < 1.29 is 22.7 Å². The summed E-state index contributed by atoms with van der Waals surface area (Å²) in [5.41, 5.74) is 0.776. The number of nitrogens with zero attached hydrogens (tertiary/aromatic N) is 1. The summed E-state index contributed by atoms with van der Waals surface area (Å²) in [5.74, 6) is -0.350. The fourth-order valence-electron chi connectivity index (χ4n) is 2.78. The molecule has 3 rings (SSSR count). The van der Waals surface area contributed by atoms with Gasteiger partial charge in [-0.1, -0.05) is 36.1 Å². The Hall–Kier alpha value is -2.17. The Morgan fingerprint density at radius 3 is 2.86 bits per heavy atom. The second-order valence-electron chi connectivity index (χ2n) is 6.28. The van der Waals surface area contributed by atoms with E-state index in [4.69, 9.17) is 17.0 Å². The molecule has 1 saturated heterocycles. The van der Waals surface area contributed by atoms with E-state index in [1.165, 1.54) is 11.0 Å². The smallest absolute Gasteiger partial charge is 0.266 e. The van der Waals surface area contributed by atoms with E-state index in [-0.39, 0.29) is 16.0 Å². The maximum absolute atomic E-state index is 12.8. The Bertz CT molecular complexity index is 1000. The first-order valence-corrected chi connectivity index (χ1v) is 11.3. The third-order valence-electron chi connectivity index (χ3n) is 4.24. The minimum atomic E-state index is -3.28. The molecule has 1 aromatic rings. The molecular weight excluding hydrogens is 420 g/mol. The SMILES string of the molecule is COc1cccc(/C=C2/SC(=S)N([C@@H](C)C(=O)N[C@@H]3C=CS(=O)(=O)C3)C2=O)c1. The lowest BCUT2D eigenvalue weighted by atomic mass is 10.2. The van der Waals surface area contributed by atoms with Crippen LogP contribution >= 0.6 is 24.0 Å². The Morgan fingerprint density at radius 1 is 1.46 bits per heavy atom. The van der Waals surface area contributed by atoms with Gasteiger partial charge in [0.05, 0.1) is 23.8 Å². The van der Waals surface area contributed by atoms with Gasteiger partial charge in [-0.15, -0.1) is 0 Å². The van der Waals surface area contributed by atoms with Crippen molar-refractivity contribution in [1.29, 1.82) is 0 Å². The first-order valence-electron chi connectivity index (χ1n) is 8.32. The van der Waals surface area contributed by atoms with Gasteiger partial charge in [-0.05, 0) is 36.8 Å². The van der Waals surface area contributed by atoms with Gasteiger partial charge in [-0.2, -0.15) is 0 Å². The number of hydrogen-bond acceptors (Lipinski definition) is 7. The van der Waals surface area contributed by atoms with Crippen LogP contribution in [0.5, 0.6) is 5.75 Å². The maximum atomic E-state index is 12.8. The number of methoxy groups -OCH3 is 1. The summed E-state index contributed by atoms with van der Waals surface area (Å²) in [6.45, 7) is 1.56. The number of thioether (sulfide) groups is 1. The molecule has 7 nitrogen and oxygen atoms in total. The third-order valence-corrected chi connectivity index (χ3v) is 6.97. The fourth-order valence-corrected chi connectivity index (χ4v) is 5.44. The summed E-state index contributed by atoms with van der Waals surface area (Å²) < 4.78 is 28.4. The highest BCUT2D eigenvalue weighted by atomic mass is 32.2. The van der Waals surface area contributed by atoms with Gasteiger partial charge in [0.25, 0.3) is 5.91 Å². The molecule has 1 aromatic carbocycles. The third kappa shape index (κ3) is 4.45. The zero-order valence-electron chi connectivity index (χ0n) is 15.1. The molecule has 10 heteroatoms. The molecule has 28 heavy (non-hydrogen) atoms. The molecule has 2 heterocycles. The van der Waals surface area contributed by atoms with Gasteiger partial charge < -0.3 is 10.1 Å². The minimum absolute atomic E-state index is 0.181. The quantitative estimate of drug-likeness (QED) is 0.553. The van der Waals surface area contributed by atoms with Gasteiger partial charge in [-0.25, -0.2) is 8.42 Å². The molecule has 0 aromatic heterocycles. The molecular formula is C18H18N2O5S3. The number of hydrogen-bond donors (Lipinski definition) is 1. The molecule has 0 bridgehead atoms. The van der Waals surface area contributed by atoms with Crippen LogP contribution in [-0.2, 0) is 19.4 Å². The number of carbonyl (C=O) groups is 2. The van der Waals surface area contributed by atoms with Crippen LogP contribution in [0, 0.1) is 0 Å². The maximum Gasteiger partial charge on any atom is 0.266 e. The van der Waals surface area contributed by atoms with Crippen LogP contribution in [0.3, 0.4) is 0 Å². The lowest BCUT2D eigenvalue weighted by Gasteiger charge is -2.23. The van der Waals surface area contributed by atoms with Gasteiger partial charge in [-0.3, -0.25) is 14.5 Å². The molecule has 0 radical (unpaired) electrons. The Balaban J connectivity index is 1.73. The van der Waals surface area contributed by atoms with E-state index >= 15 is 0 Å². The Labute approximate surface area is 172 Å². The Kier molecular flexibility index (Phi) is 5.92. The molecule has 1 fully saturated rings. The van der Waals surface area contributed by atoms with Crippen molar-refractivity contribution in [3.63, 3.8) is 0 Å². The summed E-state index contributed by atoms with van der Waals surface area (Å²) in [5, 5.41) is 3.71. The number of sulfone groups is 1. The topological polar surface area (TPSA) is 92.8 Å². The molecule has 0 saturated carbocycles. The summed E-state index contributed by atoms with van der Waals surface area (Å²) in [4.78, 5) is 26.9. The minimum Gasteiger partial charge on any atom is -0.497 e. The van der Waals surface area contributed by atoms with E-state index in [0.29, 0.717) is 10.7 Å². The molecule has 0 aliphatic carbocycles. The molecule has 2 atom stereocenters. The number of amides is 2. The van der Waals surface area contributed by atoms with E-state index in [0.717, 1.165) is 22.7 Å². The van der Waals surface area contributed by atoms with Crippen molar-refractivity contribution in [2.45, 2.75) is 19.0 Å². The Morgan fingerprint density at radius 2 is 2.21 bits per heavy atom. The van der Waals surface area contributed by atoms with E-state index in [9.17, 15) is 18.0 Å². The van der Waals surface area contributed by atoms with E-state index in [1.54, 1.807) is 32.2 Å². The highest BCUT2D eigenvalue weighted by Gasteiger charge is 2.39. The number of benzene rings is 1. The summed E-state index contributed by atoms with van der Waals surface area (Å²) in [6, 6.07) is 5.76. The number of thiocarbonyl (C=S) groups is 1. The average molecular weight is 439 g/mol. The van der Waals surface area contributed by atoms with Gasteiger partial charge in [0.15, 0.2) is 9.84 Å². The number of nitrogens with one attached hydrogen (secondary N) is 1. The standard InChI is InChI=1S/C18H18N2O5S3/c1-11(16(21)19-13-6-7-28(23,24)10-13)20-17(22)15(27-18(20)26)9-12-4-3-5-14(8-12)25-2/h3-9,11,13H,10H2,1-2H3,(H,19,21)/b15-9+/t11-,13+/m0/s1. The number of carbonyl (C=O) groups excluding carboxylic acids is 2. The molecule has 0 unspecified atom stereocenters. The number of rotatable bonds is 5. The lowest BCUT2D eigenvalue weighted by molar-refractivity contribution is -0.132. The van der Waals surface area contributed by atoms with Crippen molar-refractivity contribution in [2.24, 2.45) is 0 Å². The van der Waals surface area contributed by atoms with Crippen LogP contribution in [0.4, 0.5) is 0 Å². The first-order chi connectivity index (χ1) is 13.2. The zero-order valence-corrected chi connectivity index (χ0v) is 17.6. The molecule has 2 aliphatic heterocycles. The molecule has 0 spiro atoms. The second kappa shape index (κ2) is 8.06. The summed E-state index contributed by atoms with van der Waals surface area (Å²) in [7, 11) is -1.72. The monoisotopic (exact) mass is 438 g/mol. The largest absolute Gasteiger partial charge is 0.497 e. The van der Waals surface area contributed by atoms with Crippen LogP contribution in [0.2, 0.25) is 0 Å². The van der Waals surface area contributed by atoms with E-state index in [2.05, 4.69) is 5.32 Å². The van der Waals surface area contributed by atoms with Crippen LogP contribution in [0.15, 0.2) is 40.7 Å². The molecule has 2 amide bonds. The highest BCUT2D eigenvalue weighted by Crippen LogP contribution is 2.34. The van der Waals surface area contributed by atoms with Crippen molar-refractivity contribution in [1.82, 2.24) is 10.2 Å². The molecule has 148 valence electrons. The lowest BCUT2D eigenvalue weighted by Crippen LogP contribution is -2.49. The van der Waals surface area contributed by atoms with Crippen molar-refractivity contribution >= 4 is 56.0 Å². The summed E-state index contributed by atoms with van der Waals surface area (Å²) in [6.07, 6.45) is 3.12. The van der Waals surface area contributed by atoms with Gasteiger partial charge >= 0.3 is 0 Å². The van der Waals surface area contributed by atoms with Crippen molar-refractivity contribution in [2.75, 3.05) is 12.9 Å². The summed E-state index contributed by atoms with van der Waals surface area (Å²) >= 11 is 6.40. The van der Waals surface area contributed by atoms with Crippen LogP contribution in [0.25, 0.3) is 6.08 Å².